The van der Waals surface area contributed by atoms with Gasteiger partial charge in [0.1, 0.15) is 5.75 Å². The van der Waals surface area contributed by atoms with Crippen molar-refractivity contribution in [3.63, 3.8) is 0 Å². The maximum atomic E-state index is 13.1. The van der Waals surface area contributed by atoms with E-state index in [1.807, 2.05) is 65.6 Å². The Morgan fingerprint density at radius 1 is 1.17 bits per heavy atom. The monoisotopic (exact) mass is 322 g/mol. The predicted molar refractivity (Wildman–Crippen MR) is 96.5 cm³/mol. The molecule has 1 aliphatic heterocycles. The summed E-state index contributed by atoms with van der Waals surface area (Å²) in [5.74, 6) is 0.761. The number of nitrogens with two attached hydrogens (primary N) is 1. The molecule has 0 bridgehead atoms. The van der Waals surface area contributed by atoms with Gasteiger partial charge >= 0.3 is 0 Å². The molecule has 1 aliphatic rings. The predicted octanol–water partition coefficient (Wildman–Crippen LogP) is 2.80. The van der Waals surface area contributed by atoms with E-state index >= 15 is 0 Å². The summed E-state index contributed by atoms with van der Waals surface area (Å²) in [7, 11) is 1.64. The molecule has 1 saturated heterocycles. The second-order valence-corrected chi connectivity index (χ2v) is 5.97. The van der Waals surface area contributed by atoms with Crippen LogP contribution in [0.15, 0.2) is 54.6 Å². The molecule has 1 atom stereocenters. The van der Waals surface area contributed by atoms with E-state index in [4.69, 9.17) is 10.5 Å². The summed E-state index contributed by atoms with van der Waals surface area (Å²) in [6, 6.07) is 17.5. The van der Waals surface area contributed by atoms with Gasteiger partial charge in [0, 0.05) is 30.3 Å². The highest BCUT2D eigenvalue weighted by Gasteiger charge is 2.26. The summed E-state index contributed by atoms with van der Waals surface area (Å²) in [6.45, 7) is 1.31. The summed E-state index contributed by atoms with van der Waals surface area (Å²) >= 11 is 0. The van der Waals surface area contributed by atoms with Crippen molar-refractivity contribution in [2.45, 2.75) is 12.5 Å². The lowest BCUT2D eigenvalue weighted by molar-refractivity contribution is -0.124. The molecular formula is C20H22N2O2. The number of methoxy groups -OCH3 is 1. The SMILES string of the molecule is COc1ccccc1C=C(C(=O)N1CCC(N)C1)c1ccccc1. The van der Waals surface area contributed by atoms with Gasteiger partial charge < -0.3 is 15.4 Å². The van der Waals surface area contributed by atoms with Crippen molar-refractivity contribution in [1.29, 1.82) is 0 Å². The van der Waals surface area contributed by atoms with Gasteiger partial charge in [0.25, 0.3) is 5.91 Å². The molecule has 2 aromatic rings. The highest BCUT2D eigenvalue weighted by molar-refractivity contribution is 6.24. The number of likely N-dealkylation sites (tertiary alicyclic amines) is 1. The molecule has 3 rings (SSSR count). The first kappa shape index (κ1) is 16.3. The second-order valence-electron chi connectivity index (χ2n) is 5.97. The molecule has 1 unspecified atom stereocenters. The molecule has 1 amide bonds. The molecule has 0 spiro atoms. The highest BCUT2D eigenvalue weighted by atomic mass is 16.5. The number of hydrogen-bond donors (Lipinski definition) is 1. The molecule has 2 aromatic carbocycles. The molecule has 0 saturated carbocycles. The third-order valence-electron chi connectivity index (χ3n) is 4.27. The number of nitrogens with zero attached hydrogens (tertiary/aromatic N) is 1. The van der Waals surface area contributed by atoms with E-state index in [0.29, 0.717) is 18.7 Å². The van der Waals surface area contributed by atoms with Gasteiger partial charge in [0.05, 0.1) is 7.11 Å². The van der Waals surface area contributed by atoms with Gasteiger partial charge in [-0.25, -0.2) is 0 Å². The van der Waals surface area contributed by atoms with Crippen LogP contribution in [0.1, 0.15) is 17.5 Å². The van der Waals surface area contributed by atoms with Gasteiger partial charge in [-0.2, -0.15) is 0 Å². The van der Waals surface area contributed by atoms with Crippen molar-refractivity contribution in [3.05, 3.63) is 65.7 Å². The maximum Gasteiger partial charge on any atom is 0.254 e. The molecule has 2 N–H and O–H groups in total. The van der Waals surface area contributed by atoms with Crippen molar-refractivity contribution in [3.8, 4) is 5.75 Å². The van der Waals surface area contributed by atoms with Crippen molar-refractivity contribution >= 4 is 17.6 Å². The smallest absolute Gasteiger partial charge is 0.254 e. The van der Waals surface area contributed by atoms with Crippen LogP contribution in [0, 0.1) is 0 Å². The van der Waals surface area contributed by atoms with Gasteiger partial charge in [-0.1, -0.05) is 48.5 Å². The first-order valence-corrected chi connectivity index (χ1v) is 8.14. The van der Waals surface area contributed by atoms with Crippen molar-refractivity contribution in [2.24, 2.45) is 5.73 Å². The van der Waals surface area contributed by atoms with E-state index < -0.39 is 0 Å². The number of para-hydroxylation sites is 1. The normalized spacial score (nSPS) is 17.8. The van der Waals surface area contributed by atoms with Gasteiger partial charge in [-0.15, -0.1) is 0 Å². The van der Waals surface area contributed by atoms with Crippen LogP contribution >= 0.6 is 0 Å². The molecule has 24 heavy (non-hydrogen) atoms. The lowest BCUT2D eigenvalue weighted by Gasteiger charge is -2.18. The minimum absolute atomic E-state index is 0.0139. The molecular weight excluding hydrogens is 300 g/mol. The van der Waals surface area contributed by atoms with Crippen LogP contribution in [0.5, 0.6) is 5.75 Å². The number of amides is 1. The van der Waals surface area contributed by atoms with Crippen LogP contribution in [0.2, 0.25) is 0 Å². The summed E-state index contributed by atoms with van der Waals surface area (Å²) in [6.07, 6.45) is 2.75. The van der Waals surface area contributed by atoms with Crippen molar-refractivity contribution < 1.29 is 9.53 Å². The molecule has 0 radical (unpaired) electrons. The number of ether oxygens (including phenoxy) is 1. The van der Waals surface area contributed by atoms with E-state index in [0.717, 1.165) is 23.3 Å². The topological polar surface area (TPSA) is 55.6 Å². The quantitative estimate of drug-likeness (QED) is 0.695. The zero-order valence-corrected chi connectivity index (χ0v) is 13.8. The molecule has 0 aromatic heterocycles. The van der Waals surface area contributed by atoms with E-state index in [2.05, 4.69) is 0 Å². The second kappa shape index (κ2) is 7.32. The Bertz CT molecular complexity index is 740. The van der Waals surface area contributed by atoms with E-state index in [9.17, 15) is 4.79 Å². The molecule has 4 heteroatoms. The fraction of sp³-hybridized carbons (Fsp3) is 0.250. The average molecular weight is 322 g/mol. The zero-order chi connectivity index (χ0) is 16.9. The van der Waals surface area contributed by atoms with Crippen LogP contribution < -0.4 is 10.5 Å². The summed E-state index contributed by atoms with van der Waals surface area (Å²) in [5, 5.41) is 0. The van der Waals surface area contributed by atoms with E-state index in [-0.39, 0.29) is 11.9 Å². The Balaban J connectivity index is 2.02. The lowest BCUT2D eigenvalue weighted by Crippen LogP contribution is -2.32. The Labute approximate surface area is 142 Å². The van der Waals surface area contributed by atoms with Crippen molar-refractivity contribution in [1.82, 2.24) is 4.90 Å². The Morgan fingerprint density at radius 3 is 2.54 bits per heavy atom. The fourth-order valence-corrected chi connectivity index (χ4v) is 2.97. The van der Waals surface area contributed by atoms with Gasteiger partial charge in [-0.3, -0.25) is 4.79 Å². The maximum absolute atomic E-state index is 13.1. The third-order valence-corrected chi connectivity index (χ3v) is 4.27. The summed E-state index contributed by atoms with van der Waals surface area (Å²) in [4.78, 5) is 14.9. The van der Waals surface area contributed by atoms with E-state index in [1.54, 1.807) is 7.11 Å². The van der Waals surface area contributed by atoms with Gasteiger partial charge in [0.2, 0.25) is 0 Å². The third kappa shape index (κ3) is 3.49. The zero-order valence-electron chi connectivity index (χ0n) is 13.8. The summed E-state index contributed by atoms with van der Waals surface area (Å²) in [5.41, 5.74) is 8.41. The first-order valence-electron chi connectivity index (χ1n) is 8.14. The molecule has 124 valence electrons. The highest BCUT2D eigenvalue weighted by Crippen LogP contribution is 2.27. The van der Waals surface area contributed by atoms with Crippen LogP contribution in [-0.4, -0.2) is 37.0 Å². The minimum atomic E-state index is 0.0139. The molecule has 1 fully saturated rings. The number of rotatable bonds is 4. The van der Waals surface area contributed by atoms with Gasteiger partial charge in [0.15, 0.2) is 0 Å². The Kier molecular flexibility index (Phi) is 4.96. The van der Waals surface area contributed by atoms with Crippen LogP contribution in [-0.2, 0) is 4.79 Å². The molecule has 0 aliphatic carbocycles. The standard InChI is InChI=1S/C20H22N2O2/c1-24-19-10-6-5-9-16(19)13-18(15-7-3-2-4-8-15)20(23)22-12-11-17(21)14-22/h2-10,13,17H,11-12,14,21H2,1H3. The largest absolute Gasteiger partial charge is 0.496 e. The van der Waals surface area contributed by atoms with Gasteiger partial charge in [-0.05, 0) is 24.1 Å². The molecule has 4 nitrogen and oxygen atoms in total. The number of hydrogen-bond acceptors (Lipinski definition) is 3. The van der Waals surface area contributed by atoms with Crippen LogP contribution in [0.4, 0.5) is 0 Å². The number of benzene rings is 2. The number of carbonyl (C=O) groups is 1. The first-order chi connectivity index (χ1) is 11.7. The molecule has 1 heterocycles. The summed E-state index contributed by atoms with van der Waals surface area (Å²) < 4.78 is 5.41. The van der Waals surface area contributed by atoms with E-state index in [1.165, 1.54) is 0 Å². The fourth-order valence-electron chi connectivity index (χ4n) is 2.97. The number of carbonyl (C=O) groups excluding carboxylic acids is 1. The average Bonchev–Trinajstić information content (AvgIpc) is 3.06. The Hall–Kier alpha value is -2.59. The minimum Gasteiger partial charge on any atom is -0.496 e. The Morgan fingerprint density at radius 2 is 1.88 bits per heavy atom. The van der Waals surface area contributed by atoms with Crippen LogP contribution in [0.25, 0.3) is 11.6 Å². The lowest BCUT2D eigenvalue weighted by atomic mass is 10.0. The van der Waals surface area contributed by atoms with Crippen molar-refractivity contribution in [2.75, 3.05) is 20.2 Å². The van der Waals surface area contributed by atoms with Crippen LogP contribution in [0.3, 0.4) is 0 Å².